The zero-order chi connectivity index (χ0) is 40.9. The highest BCUT2D eigenvalue weighted by Crippen LogP contribution is 2.32. The van der Waals surface area contributed by atoms with Gasteiger partial charge in [0.1, 0.15) is 23.7 Å². The lowest BCUT2D eigenvalue weighted by molar-refractivity contribution is -0.132. The van der Waals surface area contributed by atoms with Gasteiger partial charge in [0, 0.05) is 67.9 Å². The van der Waals surface area contributed by atoms with Gasteiger partial charge >= 0.3 is 0 Å². The summed E-state index contributed by atoms with van der Waals surface area (Å²) in [5.41, 5.74) is 4.32. The Kier molecular flexibility index (Phi) is 11.7. The molecule has 2 aromatic heterocycles. The van der Waals surface area contributed by atoms with E-state index in [4.69, 9.17) is 4.74 Å². The maximum absolute atomic E-state index is 14.1. The molecule has 2 aliphatic heterocycles. The van der Waals surface area contributed by atoms with E-state index < -0.39 is 36.3 Å². The van der Waals surface area contributed by atoms with Crippen LogP contribution in [0.25, 0.3) is 21.9 Å². The summed E-state index contributed by atoms with van der Waals surface area (Å²) in [6.45, 7) is 4.21. The molecule has 7 rings (SSSR count). The number of aromatic amines is 1. The number of anilines is 1. The van der Waals surface area contributed by atoms with Crippen molar-refractivity contribution in [3.8, 4) is 5.75 Å². The molecule has 0 unspecified atom stereocenters. The molecule has 4 heterocycles. The maximum Gasteiger partial charge on any atom is 0.264 e. The monoisotopic (exact) mass is 789 g/mol. The van der Waals surface area contributed by atoms with E-state index in [9.17, 15) is 28.8 Å². The number of carbonyl (C=O) groups is 6. The topological polar surface area (TPSA) is 200 Å². The number of likely N-dealkylation sites (N-methyl/N-ethyl adjacent to an activating group) is 1. The first-order valence-corrected chi connectivity index (χ1v) is 19.5. The number of imidazole rings is 1. The zero-order valence-electron chi connectivity index (χ0n) is 32.7. The molecular formula is C42H47N9O7. The Hall–Kier alpha value is -6.71. The van der Waals surface area contributed by atoms with Crippen LogP contribution in [0.2, 0.25) is 0 Å². The molecule has 2 bridgehead atoms. The Morgan fingerprint density at radius 3 is 2.52 bits per heavy atom. The van der Waals surface area contributed by atoms with Crippen LogP contribution in [0.3, 0.4) is 0 Å². The van der Waals surface area contributed by atoms with Gasteiger partial charge < -0.3 is 45.4 Å². The van der Waals surface area contributed by atoms with E-state index in [0.717, 1.165) is 33.3 Å². The van der Waals surface area contributed by atoms with Crippen LogP contribution in [0.5, 0.6) is 5.75 Å². The molecule has 0 fully saturated rings. The van der Waals surface area contributed by atoms with E-state index in [2.05, 4.69) is 31.2 Å². The van der Waals surface area contributed by atoms with E-state index in [1.165, 1.54) is 9.80 Å². The quantitative estimate of drug-likeness (QED) is 0.183. The normalized spacial score (nSPS) is 19.1. The molecule has 2 aliphatic rings. The summed E-state index contributed by atoms with van der Waals surface area (Å²) in [7, 11) is 1.59. The second-order valence-corrected chi connectivity index (χ2v) is 14.6. The molecule has 16 nitrogen and oxygen atoms in total. The zero-order valence-corrected chi connectivity index (χ0v) is 32.7. The molecule has 16 heteroatoms. The second kappa shape index (κ2) is 17.2. The third-order valence-corrected chi connectivity index (χ3v) is 10.7. The summed E-state index contributed by atoms with van der Waals surface area (Å²) in [6.07, 6.45) is 3.08. The number of nitrogens with one attached hydrogen (secondary N) is 5. The van der Waals surface area contributed by atoms with Crippen molar-refractivity contribution in [2.45, 2.75) is 58.2 Å². The van der Waals surface area contributed by atoms with Gasteiger partial charge in [-0.1, -0.05) is 25.1 Å². The molecular weight excluding hydrogens is 743 g/mol. The highest BCUT2D eigenvalue weighted by atomic mass is 16.5. The average molecular weight is 790 g/mol. The van der Waals surface area contributed by atoms with Crippen LogP contribution >= 0.6 is 0 Å². The number of aryl methyl sites for hydroxylation is 2. The van der Waals surface area contributed by atoms with Gasteiger partial charge in [0.15, 0.2) is 6.61 Å². The van der Waals surface area contributed by atoms with Gasteiger partial charge in [-0.05, 0) is 74.2 Å². The van der Waals surface area contributed by atoms with Crippen LogP contribution in [0.4, 0.5) is 5.69 Å². The number of carbonyl (C=O) groups excluding carboxylic acids is 6. The van der Waals surface area contributed by atoms with Crippen molar-refractivity contribution in [2.75, 3.05) is 44.7 Å². The predicted molar refractivity (Wildman–Crippen MR) is 216 cm³/mol. The van der Waals surface area contributed by atoms with Gasteiger partial charge in [-0.2, -0.15) is 0 Å². The largest absolute Gasteiger partial charge is 0.482 e. The first-order chi connectivity index (χ1) is 28.0. The van der Waals surface area contributed by atoms with Crippen molar-refractivity contribution in [2.24, 2.45) is 0 Å². The fraction of sp³-hybridized carbons (Fsp3) is 0.357. The summed E-state index contributed by atoms with van der Waals surface area (Å²) in [5, 5.41) is 12.5. The standard InChI is InChI=1S/C42H47N9O7/c1-4-30-41(56)48-33(19-28-22-45-31-10-6-5-9-29(28)31)40(55)44-16-8-18-51-25(2)46-32-13-11-26(20-34(32)51)39(54)43-15-7-17-50(23-37(52)47-30)42(57)27-12-14-36-35(21-27)49(3)38(53)24-58-36/h5-6,9-14,20-22,30,33,45H,4,7-8,15-19,23-24H2,1-3H3,(H,43,54)(H,44,55)(H,47,52)(H,48,56)/t30-,33+/m0/s1. The number of aromatic nitrogens is 3. The van der Waals surface area contributed by atoms with Crippen molar-refractivity contribution in [3.63, 3.8) is 0 Å². The predicted octanol–water partition coefficient (Wildman–Crippen LogP) is 2.59. The van der Waals surface area contributed by atoms with Crippen LogP contribution in [0.1, 0.15) is 58.3 Å². The minimum absolute atomic E-state index is 0.0791. The minimum atomic E-state index is -1.01. The van der Waals surface area contributed by atoms with E-state index in [-0.39, 0.29) is 55.8 Å². The number of ether oxygens (including phenoxy) is 1. The van der Waals surface area contributed by atoms with Crippen LogP contribution in [0, 0.1) is 6.92 Å². The molecule has 58 heavy (non-hydrogen) atoms. The Balaban J connectivity index is 1.17. The van der Waals surface area contributed by atoms with Gasteiger partial charge in [0.05, 0.1) is 23.3 Å². The number of nitrogens with zero attached hydrogens (tertiary/aromatic N) is 4. The Morgan fingerprint density at radius 1 is 0.897 bits per heavy atom. The fourth-order valence-corrected chi connectivity index (χ4v) is 7.42. The summed E-state index contributed by atoms with van der Waals surface area (Å²) in [5.74, 6) is -1.38. The van der Waals surface area contributed by atoms with Gasteiger partial charge in [-0.25, -0.2) is 4.98 Å². The summed E-state index contributed by atoms with van der Waals surface area (Å²) >= 11 is 0. The van der Waals surface area contributed by atoms with E-state index in [0.29, 0.717) is 42.9 Å². The molecule has 5 N–H and O–H groups in total. The number of fused-ring (bicyclic) bond motifs is 3. The molecule has 0 saturated carbocycles. The lowest BCUT2D eigenvalue weighted by Crippen LogP contribution is -2.55. The SMILES string of the molecule is CC[C@@H]1NC(=O)CN(C(=O)c2ccc3c(c2)N(C)C(=O)CO3)CCCNC(=O)c2ccc3nc(C)n(c3c2)CCCNC(=O)[C@@H](Cc2c[nH]c3ccccc23)NC1=O. The van der Waals surface area contributed by atoms with Crippen LogP contribution < -0.4 is 30.9 Å². The van der Waals surface area contributed by atoms with Gasteiger partial charge in [-0.15, -0.1) is 0 Å². The van der Waals surface area contributed by atoms with E-state index >= 15 is 0 Å². The third kappa shape index (κ3) is 8.50. The van der Waals surface area contributed by atoms with Crippen molar-refractivity contribution in [3.05, 3.63) is 89.4 Å². The van der Waals surface area contributed by atoms with Crippen LogP contribution in [-0.4, -0.2) is 107 Å². The average Bonchev–Trinajstić information content (AvgIpc) is 3.78. The minimum Gasteiger partial charge on any atom is -0.482 e. The van der Waals surface area contributed by atoms with Crippen molar-refractivity contribution in [1.82, 2.24) is 40.7 Å². The summed E-state index contributed by atoms with van der Waals surface area (Å²) in [4.78, 5) is 91.8. The first-order valence-electron chi connectivity index (χ1n) is 19.5. The molecule has 0 saturated heterocycles. The van der Waals surface area contributed by atoms with Gasteiger partial charge in [0.25, 0.3) is 17.7 Å². The van der Waals surface area contributed by atoms with Gasteiger partial charge in [-0.3, -0.25) is 28.8 Å². The summed E-state index contributed by atoms with van der Waals surface area (Å²) < 4.78 is 7.54. The molecule has 0 radical (unpaired) electrons. The smallest absolute Gasteiger partial charge is 0.264 e. The third-order valence-electron chi connectivity index (χ3n) is 10.7. The molecule has 6 amide bonds. The number of amides is 6. The Morgan fingerprint density at radius 2 is 1.69 bits per heavy atom. The van der Waals surface area contributed by atoms with Gasteiger partial charge in [0.2, 0.25) is 17.7 Å². The molecule has 3 aromatic carbocycles. The van der Waals surface area contributed by atoms with E-state index in [1.54, 1.807) is 50.4 Å². The number of hydrogen-bond acceptors (Lipinski definition) is 8. The molecule has 5 aromatic rings. The molecule has 302 valence electrons. The highest BCUT2D eigenvalue weighted by molar-refractivity contribution is 6.02. The van der Waals surface area contributed by atoms with E-state index in [1.807, 2.05) is 42.0 Å². The lowest BCUT2D eigenvalue weighted by atomic mass is 10.0. The number of rotatable bonds is 4. The van der Waals surface area contributed by atoms with Crippen molar-refractivity contribution in [1.29, 1.82) is 0 Å². The molecule has 0 spiro atoms. The van der Waals surface area contributed by atoms with Crippen molar-refractivity contribution < 1.29 is 33.5 Å². The van der Waals surface area contributed by atoms with Crippen molar-refractivity contribution >= 4 is 63.1 Å². The molecule has 0 aliphatic carbocycles. The first kappa shape index (κ1) is 39.5. The number of H-pyrrole nitrogens is 1. The molecule has 2 atom stereocenters. The van der Waals surface area contributed by atoms with Crippen LogP contribution in [-0.2, 0) is 32.1 Å². The Bertz CT molecular complexity index is 2400. The number of hydrogen-bond donors (Lipinski definition) is 5. The maximum atomic E-state index is 14.1. The van der Waals surface area contributed by atoms with Crippen LogP contribution in [0.15, 0.2) is 66.9 Å². The Labute approximate surface area is 334 Å². The fourth-order valence-electron chi connectivity index (χ4n) is 7.42. The number of para-hydroxylation sites is 1. The summed E-state index contributed by atoms with van der Waals surface area (Å²) in [6, 6.07) is 15.7. The highest BCUT2D eigenvalue weighted by Gasteiger charge is 2.29. The second-order valence-electron chi connectivity index (χ2n) is 14.6. The lowest BCUT2D eigenvalue weighted by Gasteiger charge is -2.28. The number of benzene rings is 3.